The van der Waals surface area contributed by atoms with Crippen LogP contribution in [0.5, 0.6) is 11.5 Å². The van der Waals surface area contributed by atoms with Crippen molar-refractivity contribution in [2.45, 2.75) is 43.7 Å². The van der Waals surface area contributed by atoms with Crippen molar-refractivity contribution in [1.82, 2.24) is 4.90 Å². The molecule has 3 unspecified atom stereocenters. The van der Waals surface area contributed by atoms with E-state index >= 15 is 0 Å². The lowest BCUT2D eigenvalue weighted by Gasteiger charge is -2.52. The van der Waals surface area contributed by atoms with Gasteiger partial charge in [0.1, 0.15) is 11.5 Å². The van der Waals surface area contributed by atoms with Crippen molar-refractivity contribution in [2.24, 2.45) is 5.92 Å². The van der Waals surface area contributed by atoms with E-state index in [2.05, 4.69) is 47.4 Å². The van der Waals surface area contributed by atoms with Crippen molar-refractivity contribution in [3.8, 4) is 11.5 Å². The van der Waals surface area contributed by atoms with Gasteiger partial charge in [-0.3, -0.25) is 4.90 Å². The average Bonchev–Trinajstić information content (AvgIpc) is 2.79. The summed E-state index contributed by atoms with van der Waals surface area (Å²) in [5.41, 5.74) is 1.78. The van der Waals surface area contributed by atoms with Crippen molar-refractivity contribution in [2.75, 3.05) is 27.3 Å². The number of ether oxygens (including phenoxy) is 2. The fourth-order valence-corrected chi connectivity index (χ4v) is 5.31. The lowest BCUT2D eigenvalue weighted by Crippen LogP contribution is -2.54. The van der Waals surface area contributed by atoms with Gasteiger partial charge < -0.3 is 14.6 Å². The van der Waals surface area contributed by atoms with Crippen molar-refractivity contribution in [3.05, 3.63) is 65.7 Å². The molecule has 4 nitrogen and oxygen atoms in total. The molecule has 30 heavy (non-hydrogen) atoms. The van der Waals surface area contributed by atoms with Crippen molar-refractivity contribution in [3.63, 3.8) is 0 Å². The SMILES string of the molecule is COc1ccc(C2C3CCCCC3(O)CCN2C/C=C/c2ccccc2)c(OC)c1. The number of rotatable bonds is 6. The molecule has 0 radical (unpaired) electrons. The lowest BCUT2D eigenvalue weighted by molar-refractivity contribution is -0.122. The van der Waals surface area contributed by atoms with Gasteiger partial charge in [-0.05, 0) is 30.9 Å². The van der Waals surface area contributed by atoms with Gasteiger partial charge in [0.25, 0.3) is 0 Å². The third kappa shape index (κ3) is 4.26. The third-order valence-electron chi connectivity index (χ3n) is 6.88. The maximum Gasteiger partial charge on any atom is 0.127 e. The molecule has 1 saturated carbocycles. The van der Waals surface area contributed by atoms with E-state index in [4.69, 9.17) is 9.47 Å². The normalized spacial score (nSPS) is 27.0. The van der Waals surface area contributed by atoms with Crippen LogP contribution in [-0.2, 0) is 0 Å². The van der Waals surface area contributed by atoms with Crippen LogP contribution < -0.4 is 9.47 Å². The van der Waals surface area contributed by atoms with Gasteiger partial charge in [0.05, 0.1) is 19.8 Å². The first-order valence-electron chi connectivity index (χ1n) is 11.0. The van der Waals surface area contributed by atoms with Crippen molar-refractivity contribution < 1.29 is 14.6 Å². The van der Waals surface area contributed by atoms with Crippen molar-refractivity contribution >= 4 is 6.08 Å². The Bertz CT molecular complexity index is 866. The Morgan fingerprint density at radius 1 is 1.07 bits per heavy atom. The largest absolute Gasteiger partial charge is 0.497 e. The zero-order valence-corrected chi connectivity index (χ0v) is 18.1. The minimum absolute atomic E-state index is 0.130. The highest BCUT2D eigenvalue weighted by Gasteiger charge is 2.49. The Kier molecular flexibility index (Phi) is 6.45. The number of likely N-dealkylation sites (tertiary alicyclic amines) is 1. The number of benzene rings is 2. The van der Waals surface area contributed by atoms with Gasteiger partial charge in [0.2, 0.25) is 0 Å². The van der Waals surface area contributed by atoms with E-state index in [1.165, 1.54) is 12.0 Å². The minimum Gasteiger partial charge on any atom is -0.497 e. The quantitative estimate of drug-likeness (QED) is 0.725. The van der Waals surface area contributed by atoms with Gasteiger partial charge in [-0.25, -0.2) is 0 Å². The summed E-state index contributed by atoms with van der Waals surface area (Å²) in [6.45, 7) is 1.73. The van der Waals surface area contributed by atoms with E-state index in [1.54, 1.807) is 14.2 Å². The smallest absolute Gasteiger partial charge is 0.127 e. The molecule has 1 saturated heterocycles. The second-order valence-corrected chi connectivity index (χ2v) is 8.57. The molecule has 1 N–H and O–H groups in total. The van der Waals surface area contributed by atoms with E-state index in [0.29, 0.717) is 0 Å². The summed E-state index contributed by atoms with van der Waals surface area (Å²) in [6.07, 6.45) is 9.51. The van der Waals surface area contributed by atoms with E-state index in [9.17, 15) is 5.11 Å². The predicted octanol–water partition coefficient (Wildman–Crippen LogP) is 5.09. The Balaban J connectivity index is 1.66. The number of aliphatic hydroxyl groups is 1. The topological polar surface area (TPSA) is 41.9 Å². The standard InChI is InChI=1S/C26H33NO3/c1-29-21-13-14-22(24(19-21)30-2)25-23-12-6-7-15-26(23,28)16-18-27(25)17-8-11-20-9-4-3-5-10-20/h3-5,8-11,13-14,19,23,25,28H,6-7,12,15-18H2,1-2H3/b11-8+. The molecule has 3 atom stereocenters. The molecule has 2 aromatic rings. The van der Waals surface area contributed by atoms with Crippen LogP contribution in [0.3, 0.4) is 0 Å². The fraction of sp³-hybridized carbons (Fsp3) is 0.462. The number of methoxy groups -OCH3 is 2. The van der Waals surface area contributed by atoms with Gasteiger partial charge in [0.15, 0.2) is 0 Å². The molecule has 1 heterocycles. The minimum atomic E-state index is -0.576. The highest BCUT2D eigenvalue weighted by atomic mass is 16.5. The van der Waals surface area contributed by atoms with E-state index in [0.717, 1.165) is 55.8 Å². The average molecular weight is 408 g/mol. The Hall–Kier alpha value is -2.30. The summed E-state index contributed by atoms with van der Waals surface area (Å²) in [5, 5.41) is 11.5. The van der Waals surface area contributed by atoms with Gasteiger partial charge in [-0.15, -0.1) is 0 Å². The fourth-order valence-electron chi connectivity index (χ4n) is 5.31. The van der Waals surface area contributed by atoms with Gasteiger partial charge in [0, 0.05) is 36.7 Å². The Morgan fingerprint density at radius 2 is 1.90 bits per heavy atom. The van der Waals surface area contributed by atoms with E-state index in [1.807, 2.05) is 18.2 Å². The molecular weight excluding hydrogens is 374 g/mol. The van der Waals surface area contributed by atoms with Crippen LogP contribution in [0.4, 0.5) is 0 Å². The summed E-state index contributed by atoms with van der Waals surface area (Å²) >= 11 is 0. The molecule has 2 aliphatic rings. The molecule has 0 aromatic heterocycles. The van der Waals surface area contributed by atoms with Crippen LogP contribution in [-0.4, -0.2) is 42.9 Å². The van der Waals surface area contributed by atoms with E-state index < -0.39 is 5.60 Å². The monoisotopic (exact) mass is 407 g/mol. The molecule has 1 aliphatic heterocycles. The maximum absolute atomic E-state index is 11.5. The Morgan fingerprint density at radius 3 is 2.67 bits per heavy atom. The molecular formula is C26H33NO3. The van der Waals surface area contributed by atoms with Crippen LogP contribution in [0.1, 0.15) is 49.3 Å². The summed E-state index contributed by atoms with van der Waals surface area (Å²) in [6, 6.07) is 16.6. The molecule has 2 fully saturated rings. The second kappa shape index (κ2) is 9.23. The van der Waals surface area contributed by atoms with Gasteiger partial charge in [-0.1, -0.05) is 61.4 Å². The number of hydrogen-bond acceptors (Lipinski definition) is 4. The first-order chi connectivity index (χ1) is 14.6. The second-order valence-electron chi connectivity index (χ2n) is 8.57. The molecule has 160 valence electrons. The zero-order chi connectivity index (χ0) is 21.0. The highest BCUT2D eigenvalue weighted by Crippen LogP contribution is 2.51. The molecule has 0 spiro atoms. The summed E-state index contributed by atoms with van der Waals surface area (Å²) < 4.78 is 11.2. The summed E-state index contributed by atoms with van der Waals surface area (Å²) in [5.74, 6) is 1.85. The zero-order valence-electron chi connectivity index (χ0n) is 18.1. The molecule has 1 aliphatic carbocycles. The van der Waals surface area contributed by atoms with Gasteiger partial charge in [-0.2, -0.15) is 0 Å². The lowest BCUT2D eigenvalue weighted by atomic mass is 9.66. The van der Waals surface area contributed by atoms with Gasteiger partial charge >= 0.3 is 0 Å². The first kappa shape index (κ1) is 21.0. The number of piperidine rings is 1. The third-order valence-corrected chi connectivity index (χ3v) is 6.88. The van der Waals surface area contributed by atoms with E-state index in [-0.39, 0.29) is 12.0 Å². The Labute approximate surface area is 180 Å². The summed E-state index contributed by atoms with van der Waals surface area (Å²) in [7, 11) is 3.39. The van der Waals surface area contributed by atoms with Crippen LogP contribution in [0.25, 0.3) is 6.08 Å². The first-order valence-corrected chi connectivity index (χ1v) is 11.0. The predicted molar refractivity (Wildman–Crippen MR) is 121 cm³/mol. The number of hydrogen-bond donors (Lipinski definition) is 1. The van der Waals surface area contributed by atoms with Crippen LogP contribution in [0.15, 0.2) is 54.6 Å². The maximum atomic E-state index is 11.5. The molecule has 4 rings (SSSR count). The van der Waals surface area contributed by atoms with Crippen LogP contribution in [0, 0.1) is 5.92 Å². The molecule has 0 bridgehead atoms. The molecule has 0 amide bonds. The molecule has 4 heteroatoms. The highest BCUT2D eigenvalue weighted by molar-refractivity contribution is 5.49. The molecule has 2 aromatic carbocycles. The van der Waals surface area contributed by atoms with Crippen LogP contribution >= 0.6 is 0 Å². The van der Waals surface area contributed by atoms with Crippen molar-refractivity contribution in [1.29, 1.82) is 0 Å². The summed E-state index contributed by atoms with van der Waals surface area (Å²) in [4.78, 5) is 2.51. The number of fused-ring (bicyclic) bond motifs is 1. The van der Waals surface area contributed by atoms with Crippen LogP contribution in [0.2, 0.25) is 0 Å². The number of nitrogens with zero attached hydrogens (tertiary/aromatic N) is 1.